The molecule has 2 unspecified atom stereocenters. The first-order valence-electron chi connectivity index (χ1n) is 8.52. The van der Waals surface area contributed by atoms with E-state index < -0.39 is 0 Å². The van der Waals surface area contributed by atoms with Gasteiger partial charge in [-0.25, -0.2) is 0 Å². The molecule has 0 spiro atoms. The van der Waals surface area contributed by atoms with Gasteiger partial charge in [0.1, 0.15) is 6.04 Å². The normalized spacial score (nSPS) is 24.2. The molecule has 1 aromatic carbocycles. The molecule has 0 aliphatic carbocycles. The molecule has 0 saturated carbocycles. The minimum atomic E-state index is -0.335. The van der Waals surface area contributed by atoms with Crippen molar-refractivity contribution in [3.63, 3.8) is 0 Å². The summed E-state index contributed by atoms with van der Waals surface area (Å²) in [6.45, 7) is 2.44. The van der Waals surface area contributed by atoms with Gasteiger partial charge in [0.2, 0.25) is 11.8 Å². The number of carbonyl (C=O) groups excluding carboxylic acids is 2. The van der Waals surface area contributed by atoms with Crippen LogP contribution >= 0.6 is 12.4 Å². The molecule has 24 heavy (non-hydrogen) atoms. The highest BCUT2D eigenvalue weighted by Crippen LogP contribution is 2.24. The van der Waals surface area contributed by atoms with Crippen molar-refractivity contribution in [3.8, 4) is 0 Å². The Morgan fingerprint density at radius 1 is 1.21 bits per heavy atom. The van der Waals surface area contributed by atoms with Gasteiger partial charge in [-0.2, -0.15) is 0 Å². The summed E-state index contributed by atoms with van der Waals surface area (Å²) in [5.41, 5.74) is 0.919. The quantitative estimate of drug-likeness (QED) is 0.907. The van der Waals surface area contributed by atoms with Crippen molar-refractivity contribution in [1.82, 2.24) is 10.2 Å². The molecule has 3 rings (SSSR count). The van der Waals surface area contributed by atoms with Gasteiger partial charge in [-0.15, -0.1) is 12.4 Å². The number of hydrogen-bond acceptors (Lipinski definition) is 3. The second-order valence-electron chi connectivity index (χ2n) is 6.48. The molecule has 2 amide bonds. The topological polar surface area (TPSA) is 52.7 Å². The summed E-state index contributed by atoms with van der Waals surface area (Å²) < 4.78 is 0. The minimum Gasteiger partial charge on any atom is -0.333 e. The number of benzene rings is 1. The van der Waals surface area contributed by atoms with E-state index in [1.807, 2.05) is 35.2 Å². The number of piperidine rings is 2. The number of rotatable bonds is 3. The Morgan fingerprint density at radius 2 is 1.96 bits per heavy atom. The van der Waals surface area contributed by atoms with E-state index in [1.165, 1.54) is 0 Å². The van der Waals surface area contributed by atoms with Gasteiger partial charge in [-0.1, -0.05) is 18.2 Å². The average molecular weight is 352 g/mol. The third-order valence-corrected chi connectivity index (χ3v) is 4.94. The SMILES string of the molecule is CN(C(=O)C1CCCNC1)C1CCCN(c2ccccc2)C1=O.Cl. The largest absolute Gasteiger partial charge is 0.333 e. The van der Waals surface area contributed by atoms with Crippen LogP contribution in [0.1, 0.15) is 25.7 Å². The molecule has 5 nitrogen and oxygen atoms in total. The maximum atomic E-state index is 12.9. The van der Waals surface area contributed by atoms with Crippen LogP contribution in [0.5, 0.6) is 0 Å². The molecule has 132 valence electrons. The van der Waals surface area contributed by atoms with Crippen molar-refractivity contribution in [2.75, 3.05) is 31.6 Å². The van der Waals surface area contributed by atoms with Gasteiger partial charge >= 0.3 is 0 Å². The van der Waals surface area contributed by atoms with Crippen LogP contribution in [0.15, 0.2) is 30.3 Å². The molecular weight excluding hydrogens is 326 g/mol. The smallest absolute Gasteiger partial charge is 0.249 e. The zero-order chi connectivity index (χ0) is 16.2. The summed E-state index contributed by atoms with van der Waals surface area (Å²) in [5, 5.41) is 3.28. The van der Waals surface area contributed by atoms with Crippen LogP contribution in [0.25, 0.3) is 0 Å². The zero-order valence-corrected chi connectivity index (χ0v) is 14.9. The van der Waals surface area contributed by atoms with Crippen molar-refractivity contribution < 1.29 is 9.59 Å². The van der Waals surface area contributed by atoms with E-state index in [2.05, 4.69) is 5.32 Å². The fourth-order valence-electron chi connectivity index (χ4n) is 3.58. The van der Waals surface area contributed by atoms with Gasteiger partial charge in [0.15, 0.2) is 0 Å². The predicted octanol–water partition coefficient (Wildman–Crippen LogP) is 2.06. The second kappa shape index (κ2) is 8.49. The van der Waals surface area contributed by atoms with Gasteiger partial charge in [0.05, 0.1) is 5.92 Å². The lowest BCUT2D eigenvalue weighted by Gasteiger charge is -2.38. The Hall–Kier alpha value is -1.59. The number of likely N-dealkylation sites (N-methyl/N-ethyl adjacent to an activating group) is 1. The second-order valence-corrected chi connectivity index (χ2v) is 6.48. The van der Waals surface area contributed by atoms with Gasteiger partial charge in [0.25, 0.3) is 0 Å². The lowest BCUT2D eigenvalue weighted by Crippen LogP contribution is -2.55. The number of nitrogens with zero attached hydrogens (tertiary/aromatic N) is 2. The van der Waals surface area contributed by atoms with Gasteiger partial charge < -0.3 is 15.1 Å². The Balaban J connectivity index is 0.00000208. The first kappa shape index (κ1) is 18.7. The number of halogens is 1. The zero-order valence-electron chi connectivity index (χ0n) is 14.1. The predicted molar refractivity (Wildman–Crippen MR) is 97.4 cm³/mol. The minimum absolute atomic E-state index is 0. The molecule has 1 aromatic rings. The molecule has 2 atom stereocenters. The summed E-state index contributed by atoms with van der Waals surface area (Å²) in [6, 6.07) is 9.39. The fourth-order valence-corrected chi connectivity index (χ4v) is 3.58. The van der Waals surface area contributed by atoms with E-state index in [0.29, 0.717) is 0 Å². The average Bonchev–Trinajstić information content (AvgIpc) is 2.62. The molecular formula is C18H26ClN3O2. The molecule has 2 heterocycles. The Bertz CT molecular complexity index is 561. The maximum absolute atomic E-state index is 12.9. The first-order valence-corrected chi connectivity index (χ1v) is 8.52. The lowest BCUT2D eigenvalue weighted by molar-refractivity contribution is -0.142. The Morgan fingerprint density at radius 3 is 2.62 bits per heavy atom. The number of amides is 2. The summed E-state index contributed by atoms with van der Waals surface area (Å²) >= 11 is 0. The van der Waals surface area contributed by atoms with Crippen LogP contribution < -0.4 is 10.2 Å². The first-order chi connectivity index (χ1) is 11.2. The van der Waals surface area contributed by atoms with Crippen molar-refractivity contribution in [2.45, 2.75) is 31.7 Å². The van der Waals surface area contributed by atoms with E-state index >= 15 is 0 Å². The third kappa shape index (κ3) is 3.90. The lowest BCUT2D eigenvalue weighted by atomic mass is 9.95. The molecule has 6 heteroatoms. The number of anilines is 1. The number of carbonyl (C=O) groups is 2. The molecule has 2 saturated heterocycles. The molecule has 2 aliphatic rings. The van der Waals surface area contributed by atoms with Crippen molar-refractivity contribution in [3.05, 3.63) is 30.3 Å². The Labute approximate surface area is 149 Å². The Kier molecular flexibility index (Phi) is 6.63. The molecule has 0 bridgehead atoms. The molecule has 2 fully saturated rings. The third-order valence-electron chi connectivity index (χ3n) is 4.94. The van der Waals surface area contributed by atoms with Crippen LogP contribution in [0.3, 0.4) is 0 Å². The molecule has 0 radical (unpaired) electrons. The van der Waals surface area contributed by atoms with Gasteiger partial charge in [-0.3, -0.25) is 9.59 Å². The van der Waals surface area contributed by atoms with Crippen molar-refractivity contribution >= 4 is 29.9 Å². The van der Waals surface area contributed by atoms with Crippen LogP contribution in [-0.4, -0.2) is 49.4 Å². The molecule has 1 N–H and O–H groups in total. The van der Waals surface area contributed by atoms with Gasteiger partial charge in [-0.05, 0) is 44.4 Å². The highest BCUT2D eigenvalue weighted by Gasteiger charge is 2.36. The van der Waals surface area contributed by atoms with E-state index in [0.717, 1.165) is 51.0 Å². The fraction of sp³-hybridized carbons (Fsp3) is 0.556. The van der Waals surface area contributed by atoms with Crippen LogP contribution in [-0.2, 0) is 9.59 Å². The molecule has 0 aromatic heterocycles. The van der Waals surface area contributed by atoms with Crippen molar-refractivity contribution in [1.29, 1.82) is 0 Å². The van der Waals surface area contributed by atoms with Crippen LogP contribution in [0.2, 0.25) is 0 Å². The van der Waals surface area contributed by atoms with E-state index in [1.54, 1.807) is 11.9 Å². The highest BCUT2D eigenvalue weighted by atomic mass is 35.5. The van der Waals surface area contributed by atoms with E-state index in [9.17, 15) is 9.59 Å². The monoisotopic (exact) mass is 351 g/mol. The summed E-state index contributed by atoms with van der Waals surface area (Å²) in [6.07, 6.45) is 3.62. The van der Waals surface area contributed by atoms with Crippen molar-refractivity contribution in [2.24, 2.45) is 5.92 Å². The van der Waals surface area contributed by atoms with Crippen LogP contribution in [0.4, 0.5) is 5.69 Å². The van der Waals surface area contributed by atoms with Gasteiger partial charge in [0, 0.05) is 25.8 Å². The van der Waals surface area contributed by atoms with Crippen LogP contribution in [0, 0.1) is 5.92 Å². The number of para-hydroxylation sites is 1. The number of hydrogen-bond donors (Lipinski definition) is 1. The summed E-state index contributed by atoms with van der Waals surface area (Å²) in [7, 11) is 1.79. The maximum Gasteiger partial charge on any atom is 0.249 e. The molecule has 2 aliphatic heterocycles. The number of nitrogens with one attached hydrogen (secondary N) is 1. The van der Waals surface area contributed by atoms with E-state index in [4.69, 9.17) is 0 Å². The van der Waals surface area contributed by atoms with E-state index in [-0.39, 0.29) is 36.2 Å². The highest BCUT2D eigenvalue weighted by molar-refractivity contribution is 6.00. The summed E-state index contributed by atoms with van der Waals surface area (Å²) in [4.78, 5) is 29.1. The summed E-state index contributed by atoms with van der Waals surface area (Å²) in [5.74, 6) is 0.154. The standard InChI is InChI=1S/C18H25N3O2.ClH/c1-20(17(22)14-7-5-11-19-13-14)16-10-6-12-21(18(16)23)15-8-3-2-4-9-15;/h2-4,8-9,14,16,19H,5-7,10-13H2,1H3;1H.